The monoisotopic (exact) mass is 494 g/mol. The molecule has 0 aliphatic heterocycles. The van der Waals surface area contributed by atoms with Crippen LogP contribution in [-0.4, -0.2) is 27.7 Å². The molecule has 1 aliphatic rings. The Balaban J connectivity index is 0.00000361. The Hall–Kier alpha value is -3.16. The number of hydrogen-bond acceptors (Lipinski definition) is 4. The first-order valence-corrected chi connectivity index (χ1v) is 13.8. The summed E-state index contributed by atoms with van der Waals surface area (Å²) in [5.74, 6) is 0.813. The molecule has 4 rings (SSSR count). The second-order valence-electron chi connectivity index (χ2n) is 9.20. The Kier molecular flexibility index (Phi) is 7.57. The highest BCUT2D eigenvalue weighted by Crippen LogP contribution is 2.41. The van der Waals surface area contributed by atoms with Crippen molar-refractivity contribution in [2.75, 3.05) is 18.7 Å². The van der Waals surface area contributed by atoms with Gasteiger partial charge >= 0.3 is 0 Å². The quantitative estimate of drug-likeness (QED) is 0.433. The van der Waals surface area contributed by atoms with Crippen LogP contribution in [0.5, 0.6) is 5.75 Å². The zero-order chi connectivity index (χ0) is 24.9. The molecule has 2 N–H and O–H groups in total. The second-order valence-corrected chi connectivity index (χ2v) is 11.0. The number of hydrogen-bond donors (Lipinski definition) is 2. The minimum atomic E-state index is -3.24. The van der Waals surface area contributed by atoms with Gasteiger partial charge in [-0.05, 0) is 59.4 Å². The van der Waals surface area contributed by atoms with E-state index in [2.05, 4.69) is 10.0 Å². The van der Waals surface area contributed by atoms with Crippen LogP contribution in [0.2, 0.25) is 0 Å². The van der Waals surface area contributed by atoms with Crippen molar-refractivity contribution in [3.05, 3.63) is 83.9 Å². The maximum absolute atomic E-state index is 13.7. The molecule has 3 aromatic rings. The van der Waals surface area contributed by atoms with E-state index in [1.807, 2.05) is 72.8 Å². The van der Waals surface area contributed by atoms with Gasteiger partial charge in [-0.3, -0.25) is 4.79 Å². The molecule has 0 saturated heterocycles. The lowest BCUT2D eigenvalue weighted by atomic mass is 9.68. The van der Waals surface area contributed by atoms with Gasteiger partial charge in [0.25, 0.3) is 0 Å². The van der Waals surface area contributed by atoms with Crippen LogP contribution in [0.1, 0.15) is 44.7 Å². The van der Waals surface area contributed by atoms with Gasteiger partial charge in [0.05, 0.1) is 18.8 Å². The SMILES string of the molecule is COc1ccc(C2(C(=O)Nc3cccc(-c4ccc(CNS(C)(=O)=O)cc4)c3)CCCCC2)cc1.[HH]. The van der Waals surface area contributed by atoms with Gasteiger partial charge in [0, 0.05) is 13.7 Å². The average Bonchev–Trinajstić information content (AvgIpc) is 2.88. The van der Waals surface area contributed by atoms with Gasteiger partial charge in [-0.15, -0.1) is 0 Å². The molecular weight excluding hydrogens is 460 g/mol. The predicted octanol–water partition coefficient (Wildman–Crippen LogP) is 5.50. The van der Waals surface area contributed by atoms with Crippen LogP contribution < -0.4 is 14.8 Å². The fourth-order valence-electron chi connectivity index (χ4n) is 4.77. The Morgan fingerprint density at radius 3 is 2.26 bits per heavy atom. The van der Waals surface area contributed by atoms with E-state index >= 15 is 0 Å². The largest absolute Gasteiger partial charge is 0.497 e. The van der Waals surface area contributed by atoms with Crippen LogP contribution in [0.4, 0.5) is 5.69 Å². The lowest BCUT2D eigenvalue weighted by Crippen LogP contribution is -2.42. The van der Waals surface area contributed by atoms with E-state index in [1.165, 1.54) is 0 Å². The molecule has 1 aliphatic carbocycles. The smallest absolute Gasteiger partial charge is 0.235 e. The maximum Gasteiger partial charge on any atom is 0.235 e. The minimum Gasteiger partial charge on any atom is -0.497 e. The molecule has 1 saturated carbocycles. The Bertz CT molecular complexity index is 1270. The molecule has 0 unspecified atom stereocenters. The molecule has 0 spiro atoms. The molecule has 0 heterocycles. The number of carbonyl (C=O) groups is 1. The summed E-state index contributed by atoms with van der Waals surface area (Å²) in [5.41, 5.74) is 4.09. The van der Waals surface area contributed by atoms with Crippen molar-refractivity contribution < 1.29 is 19.4 Å². The summed E-state index contributed by atoms with van der Waals surface area (Å²) in [6.45, 7) is 0.253. The van der Waals surface area contributed by atoms with Crippen molar-refractivity contribution in [2.45, 2.75) is 44.1 Å². The molecule has 1 amide bonds. The number of anilines is 1. The van der Waals surface area contributed by atoms with Gasteiger partial charge in [-0.2, -0.15) is 0 Å². The summed E-state index contributed by atoms with van der Waals surface area (Å²) in [4.78, 5) is 13.7. The van der Waals surface area contributed by atoms with Crippen molar-refractivity contribution in [2.24, 2.45) is 0 Å². The van der Waals surface area contributed by atoms with Crippen molar-refractivity contribution in [3.63, 3.8) is 0 Å². The zero-order valence-electron chi connectivity index (χ0n) is 20.2. The van der Waals surface area contributed by atoms with Crippen molar-refractivity contribution in [1.82, 2.24) is 4.72 Å². The Morgan fingerprint density at radius 1 is 0.943 bits per heavy atom. The number of benzene rings is 3. The summed E-state index contributed by atoms with van der Waals surface area (Å²) in [6, 6.07) is 23.4. The topological polar surface area (TPSA) is 84.5 Å². The third kappa shape index (κ3) is 6.10. The first-order chi connectivity index (χ1) is 16.8. The van der Waals surface area contributed by atoms with Crippen LogP contribution in [-0.2, 0) is 26.8 Å². The Morgan fingerprint density at radius 2 is 1.63 bits per heavy atom. The van der Waals surface area contributed by atoms with E-state index in [9.17, 15) is 13.2 Å². The van der Waals surface area contributed by atoms with Crippen LogP contribution >= 0.6 is 0 Å². The predicted molar refractivity (Wildman–Crippen MR) is 142 cm³/mol. The summed E-state index contributed by atoms with van der Waals surface area (Å²) in [6.07, 6.45) is 6.01. The lowest BCUT2D eigenvalue weighted by Gasteiger charge is -2.36. The van der Waals surface area contributed by atoms with E-state index in [1.54, 1.807) is 7.11 Å². The molecule has 35 heavy (non-hydrogen) atoms. The standard InChI is InChI=1S/C28H32N2O4S.H2/c1-34-26-15-13-24(14-16-26)28(17-4-3-5-18-28)27(31)30-25-8-6-7-23(19-25)22-11-9-21(10-12-22)20-29-35(2,32)33;/h6-16,19,29H,3-5,17-18,20H2,1-2H3,(H,30,31);1H. The van der Waals surface area contributed by atoms with Crippen molar-refractivity contribution >= 4 is 21.6 Å². The molecule has 3 aromatic carbocycles. The van der Waals surface area contributed by atoms with E-state index in [4.69, 9.17) is 4.74 Å². The van der Waals surface area contributed by atoms with Crippen molar-refractivity contribution in [1.29, 1.82) is 0 Å². The van der Waals surface area contributed by atoms with Crippen LogP contribution in [0.15, 0.2) is 72.8 Å². The molecule has 0 radical (unpaired) electrons. The highest BCUT2D eigenvalue weighted by molar-refractivity contribution is 7.88. The van der Waals surface area contributed by atoms with Crippen molar-refractivity contribution in [3.8, 4) is 16.9 Å². The number of amides is 1. The summed E-state index contributed by atoms with van der Waals surface area (Å²) in [5, 5.41) is 3.19. The van der Waals surface area contributed by atoms with E-state index in [-0.39, 0.29) is 13.9 Å². The number of carbonyl (C=O) groups excluding carboxylic acids is 1. The van der Waals surface area contributed by atoms with E-state index in [0.29, 0.717) is 0 Å². The molecule has 7 heteroatoms. The van der Waals surface area contributed by atoms with Crippen LogP contribution in [0, 0.1) is 0 Å². The van der Waals surface area contributed by atoms with Gasteiger partial charge < -0.3 is 10.1 Å². The molecule has 186 valence electrons. The molecule has 1 fully saturated rings. The first-order valence-electron chi connectivity index (χ1n) is 11.9. The Labute approximate surface area is 209 Å². The van der Waals surface area contributed by atoms with Gasteiger partial charge in [0.1, 0.15) is 5.75 Å². The maximum atomic E-state index is 13.7. The highest BCUT2D eigenvalue weighted by atomic mass is 32.2. The number of rotatable bonds is 8. The summed E-state index contributed by atoms with van der Waals surface area (Å²) >= 11 is 0. The van der Waals surface area contributed by atoms with Gasteiger partial charge in [0.15, 0.2) is 0 Å². The second kappa shape index (κ2) is 10.6. The van der Waals surface area contributed by atoms with E-state index < -0.39 is 15.4 Å². The molecule has 6 nitrogen and oxygen atoms in total. The zero-order valence-corrected chi connectivity index (χ0v) is 21.0. The summed E-state index contributed by atoms with van der Waals surface area (Å²) < 4.78 is 30.5. The fraction of sp³-hybridized carbons (Fsp3) is 0.321. The number of methoxy groups -OCH3 is 1. The highest BCUT2D eigenvalue weighted by Gasteiger charge is 2.41. The molecular formula is C28H34N2O4S. The third-order valence-electron chi connectivity index (χ3n) is 6.73. The molecule has 0 atom stereocenters. The van der Waals surface area contributed by atoms with Crippen LogP contribution in [0.3, 0.4) is 0 Å². The molecule has 0 aromatic heterocycles. The van der Waals surface area contributed by atoms with Gasteiger partial charge in [0.2, 0.25) is 15.9 Å². The number of sulfonamides is 1. The van der Waals surface area contributed by atoms with Gasteiger partial charge in [-0.25, -0.2) is 13.1 Å². The minimum absolute atomic E-state index is 0. The third-order valence-corrected chi connectivity index (χ3v) is 7.40. The average molecular weight is 495 g/mol. The summed E-state index contributed by atoms with van der Waals surface area (Å²) in [7, 11) is -1.59. The van der Waals surface area contributed by atoms with Crippen LogP contribution in [0.25, 0.3) is 11.1 Å². The first kappa shape index (κ1) is 24.9. The van der Waals surface area contributed by atoms with Gasteiger partial charge in [-0.1, -0.05) is 67.8 Å². The number of ether oxygens (including phenoxy) is 1. The normalized spacial score (nSPS) is 15.4. The van der Waals surface area contributed by atoms with E-state index in [0.717, 1.165) is 72.1 Å². The fourth-order valence-corrected chi connectivity index (χ4v) is 5.20. The lowest BCUT2D eigenvalue weighted by molar-refractivity contribution is -0.122. The number of nitrogens with one attached hydrogen (secondary N) is 2. The molecule has 0 bridgehead atoms.